The van der Waals surface area contributed by atoms with Crippen LogP contribution in [0.25, 0.3) is 10.1 Å². The van der Waals surface area contributed by atoms with Crippen molar-refractivity contribution in [1.29, 1.82) is 0 Å². The molecule has 0 saturated heterocycles. The molecule has 1 heterocycles. The summed E-state index contributed by atoms with van der Waals surface area (Å²) in [4.78, 5) is 14.1. The van der Waals surface area contributed by atoms with Gasteiger partial charge in [-0.05, 0) is 37.2 Å². The van der Waals surface area contributed by atoms with E-state index in [-0.39, 0.29) is 34.0 Å². The van der Waals surface area contributed by atoms with E-state index < -0.39 is 31.2 Å². The number of ether oxygens (including phenoxy) is 1. The lowest BCUT2D eigenvalue weighted by atomic mass is 10.1. The van der Waals surface area contributed by atoms with Crippen molar-refractivity contribution in [1.82, 2.24) is 10.2 Å². The van der Waals surface area contributed by atoms with Crippen molar-refractivity contribution in [3.63, 3.8) is 0 Å². The van der Waals surface area contributed by atoms with Crippen LogP contribution in [-0.4, -0.2) is 64.6 Å². The topological polar surface area (TPSA) is 65.6 Å². The molecule has 38 heavy (non-hydrogen) atoms. The molecule has 2 aromatic carbocycles. The molecule has 3 rings (SSSR count). The Morgan fingerprint density at radius 1 is 1.16 bits per heavy atom. The molecule has 12 heteroatoms. The Labute approximate surface area is 221 Å². The normalized spacial score (nSPS) is 11.3. The Morgan fingerprint density at radius 3 is 2.58 bits per heavy atom. The largest absolute Gasteiger partial charge is 0.461 e. The number of carbonyl (C=O) groups excluding carboxylic acids is 1. The van der Waals surface area contributed by atoms with E-state index in [1.807, 2.05) is 25.1 Å². The van der Waals surface area contributed by atoms with Crippen LogP contribution >= 0.6 is 11.3 Å². The first-order chi connectivity index (χ1) is 18.0. The van der Waals surface area contributed by atoms with Gasteiger partial charge in [-0.3, -0.25) is 4.79 Å². The maximum Gasteiger partial charge on any atom is 0.393 e. The molecule has 0 aliphatic carbocycles. The number of nitrogens with zero attached hydrogens (tertiary/aromatic N) is 1. The van der Waals surface area contributed by atoms with Crippen LogP contribution in [-0.2, 0) is 6.42 Å². The van der Waals surface area contributed by atoms with Gasteiger partial charge in [0.25, 0.3) is 5.91 Å². The highest BCUT2D eigenvalue weighted by Crippen LogP contribution is 2.39. The van der Waals surface area contributed by atoms with Gasteiger partial charge < -0.3 is 25.6 Å². The second-order valence-corrected chi connectivity index (χ2v) is 9.45. The molecule has 0 saturated carbocycles. The number of amides is 1. The van der Waals surface area contributed by atoms with Crippen molar-refractivity contribution < 1.29 is 31.5 Å². The number of alkyl halides is 4. The van der Waals surface area contributed by atoms with Gasteiger partial charge in [0.05, 0.1) is 39.5 Å². The highest BCUT2D eigenvalue weighted by Gasteiger charge is 2.31. The van der Waals surface area contributed by atoms with E-state index in [0.717, 1.165) is 35.7 Å². The minimum absolute atomic E-state index is 0.0429. The van der Waals surface area contributed by atoms with Crippen molar-refractivity contribution in [3.05, 3.63) is 52.2 Å². The molecule has 0 unspecified atom stereocenters. The Morgan fingerprint density at radius 2 is 1.92 bits per heavy atom. The minimum Gasteiger partial charge on any atom is -0.461 e. The highest BCUT2D eigenvalue weighted by molar-refractivity contribution is 7.20. The van der Waals surface area contributed by atoms with Crippen LogP contribution in [0.5, 0.6) is 5.75 Å². The smallest absolute Gasteiger partial charge is 0.393 e. The number of benzene rings is 2. The van der Waals surface area contributed by atoms with Gasteiger partial charge in [-0.15, -0.1) is 11.3 Å². The fourth-order valence-electron chi connectivity index (χ4n) is 3.64. The van der Waals surface area contributed by atoms with E-state index in [4.69, 9.17) is 4.74 Å². The van der Waals surface area contributed by atoms with Crippen LogP contribution in [0.1, 0.15) is 20.8 Å². The maximum absolute atomic E-state index is 14.4. The second-order valence-electron chi connectivity index (χ2n) is 8.43. The molecule has 1 amide bonds. The molecule has 204 valence electrons. The second kappa shape index (κ2) is 12.8. The predicted octanol–water partition coefficient (Wildman–Crippen LogP) is 5.25. The summed E-state index contributed by atoms with van der Waals surface area (Å²) in [6, 6.07) is 7.19. The summed E-state index contributed by atoms with van der Waals surface area (Å²) in [6.45, 7) is 0.0398. The molecule has 6 nitrogen and oxygen atoms in total. The average Bonchev–Trinajstić information content (AvgIpc) is 3.19. The quantitative estimate of drug-likeness (QED) is 0.236. The zero-order chi connectivity index (χ0) is 27.9. The van der Waals surface area contributed by atoms with Gasteiger partial charge >= 0.3 is 6.18 Å². The van der Waals surface area contributed by atoms with E-state index in [9.17, 15) is 26.7 Å². The van der Waals surface area contributed by atoms with E-state index in [0.29, 0.717) is 16.6 Å². The number of nitrogens with one attached hydrogen (secondary N) is 3. The highest BCUT2D eigenvalue weighted by atomic mass is 32.1. The lowest BCUT2D eigenvalue weighted by Gasteiger charge is -2.12. The van der Waals surface area contributed by atoms with E-state index in [2.05, 4.69) is 27.8 Å². The summed E-state index contributed by atoms with van der Waals surface area (Å²) in [7, 11) is 5.17. The molecular weight excluding hydrogens is 527 g/mol. The minimum atomic E-state index is -4.43. The zero-order valence-electron chi connectivity index (χ0n) is 21.0. The predicted molar refractivity (Wildman–Crippen MR) is 140 cm³/mol. The molecule has 3 aromatic rings. The first kappa shape index (κ1) is 29.0. The van der Waals surface area contributed by atoms with Crippen LogP contribution in [0.15, 0.2) is 30.3 Å². The molecule has 0 radical (unpaired) electrons. The Hall–Kier alpha value is -3.56. The van der Waals surface area contributed by atoms with Gasteiger partial charge in [-0.1, -0.05) is 24.0 Å². The summed E-state index contributed by atoms with van der Waals surface area (Å²) >= 11 is 1.16. The van der Waals surface area contributed by atoms with Crippen LogP contribution in [0, 0.1) is 17.7 Å². The summed E-state index contributed by atoms with van der Waals surface area (Å²) < 4.78 is 73.0. The van der Waals surface area contributed by atoms with E-state index in [1.165, 1.54) is 7.05 Å². The number of thiophene rings is 1. The van der Waals surface area contributed by atoms with Gasteiger partial charge in [0.15, 0.2) is 0 Å². The lowest BCUT2D eigenvalue weighted by Crippen LogP contribution is -2.20. The number of fused-ring (bicyclic) bond motifs is 1. The molecular formula is C26H27F5N4O2S. The van der Waals surface area contributed by atoms with E-state index >= 15 is 0 Å². The number of carbonyl (C=O) groups is 1. The molecule has 0 aliphatic rings. The van der Waals surface area contributed by atoms with Crippen molar-refractivity contribution in [2.75, 3.05) is 58.3 Å². The molecule has 0 atom stereocenters. The molecule has 0 spiro atoms. The summed E-state index contributed by atoms with van der Waals surface area (Å²) in [5.74, 6) is 3.87. The van der Waals surface area contributed by atoms with Crippen molar-refractivity contribution in [2.24, 2.45) is 0 Å². The third-order valence-corrected chi connectivity index (χ3v) is 6.59. The SMILES string of the molecule is CNC(=O)c1cc(OCF)c(NCC#Cc2sc3c(NCCN(C)C)cccc3c2CC(F)(F)F)cc1F. The van der Waals surface area contributed by atoms with Gasteiger partial charge in [0.2, 0.25) is 6.86 Å². The monoisotopic (exact) mass is 554 g/mol. The van der Waals surface area contributed by atoms with E-state index in [1.54, 1.807) is 12.1 Å². The number of anilines is 2. The average molecular weight is 555 g/mol. The van der Waals surface area contributed by atoms with Crippen LogP contribution in [0.2, 0.25) is 0 Å². The summed E-state index contributed by atoms with van der Waals surface area (Å²) in [5, 5.41) is 8.80. The lowest BCUT2D eigenvalue weighted by molar-refractivity contribution is -0.126. The fraction of sp³-hybridized carbons (Fsp3) is 0.346. The van der Waals surface area contributed by atoms with Crippen LogP contribution < -0.4 is 20.7 Å². The zero-order valence-corrected chi connectivity index (χ0v) is 21.8. The summed E-state index contributed by atoms with van der Waals surface area (Å²) in [6.07, 6.45) is -5.56. The van der Waals surface area contributed by atoms with Crippen LogP contribution in [0.4, 0.5) is 33.3 Å². The Kier molecular flexibility index (Phi) is 9.77. The third-order valence-electron chi connectivity index (χ3n) is 5.39. The standard InChI is InChI=1S/C26H27F5N4O2S/c1-32-25(36)17-12-22(37-15-27)21(13-19(17)28)33-9-5-8-23-18(14-26(29,30)31)16-6-4-7-20(24(16)38-23)34-10-11-35(2)3/h4,6-7,12-13,33-34H,9-11,14-15H2,1-3H3,(H,32,36). The van der Waals surface area contributed by atoms with Crippen molar-refractivity contribution >= 4 is 38.7 Å². The number of hydrogen-bond acceptors (Lipinski definition) is 6. The van der Waals surface area contributed by atoms with Gasteiger partial charge in [-0.25, -0.2) is 8.78 Å². The van der Waals surface area contributed by atoms with Crippen molar-refractivity contribution in [2.45, 2.75) is 12.6 Å². The Balaban J connectivity index is 1.89. The van der Waals surface area contributed by atoms with Gasteiger partial charge in [0.1, 0.15) is 11.6 Å². The first-order valence-electron chi connectivity index (χ1n) is 11.5. The molecule has 0 aliphatic heterocycles. The summed E-state index contributed by atoms with van der Waals surface area (Å²) in [5.41, 5.74) is 0.526. The van der Waals surface area contributed by atoms with Crippen LogP contribution in [0.3, 0.4) is 0 Å². The van der Waals surface area contributed by atoms with Crippen molar-refractivity contribution in [3.8, 4) is 17.6 Å². The first-order valence-corrected chi connectivity index (χ1v) is 12.3. The molecule has 3 N–H and O–H groups in total. The van der Waals surface area contributed by atoms with Gasteiger partial charge in [0, 0.05) is 26.2 Å². The third kappa shape index (κ3) is 7.49. The number of likely N-dealkylation sites (N-methyl/N-ethyl adjacent to an activating group) is 1. The fourth-order valence-corrected chi connectivity index (χ4v) is 4.83. The molecule has 1 aromatic heterocycles. The maximum atomic E-state index is 14.4. The number of rotatable bonds is 10. The number of halogens is 5. The molecule has 0 bridgehead atoms. The Bertz CT molecular complexity index is 1350. The molecule has 0 fully saturated rings. The number of hydrogen-bond donors (Lipinski definition) is 3. The van der Waals surface area contributed by atoms with Gasteiger partial charge in [-0.2, -0.15) is 13.2 Å².